The van der Waals surface area contributed by atoms with Crippen molar-refractivity contribution in [3.05, 3.63) is 41.7 Å². The summed E-state index contributed by atoms with van der Waals surface area (Å²) in [5.74, 6) is 0.203. The molecule has 1 aliphatic heterocycles. The predicted octanol–water partition coefficient (Wildman–Crippen LogP) is 0.170. The minimum atomic E-state index is -0.471. The molecule has 7 nitrogen and oxygen atoms in total. The van der Waals surface area contributed by atoms with Gasteiger partial charge in [0.1, 0.15) is 6.54 Å². The van der Waals surface area contributed by atoms with E-state index in [1.54, 1.807) is 0 Å². The Morgan fingerprint density at radius 3 is 2.59 bits per heavy atom. The summed E-state index contributed by atoms with van der Waals surface area (Å²) < 4.78 is 0. The lowest BCUT2D eigenvalue weighted by Gasteiger charge is -2.38. The largest absolute Gasteiger partial charge is 0.368 e. The second-order valence-corrected chi connectivity index (χ2v) is 5.86. The van der Waals surface area contributed by atoms with Crippen molar-refractivity contribution in [2.24, 2.45) is 5.73 Å². The Hall–Kier alpha value is -2.28. The van der Waals surface area contributed by atoms with Crippen molar-refractivity contribution in [3.8, 4) is 0 Å². The van der Waals surface area contributed by atoms with Crippen LogP contribution in [-0.4, -0.2) is 51.2 Å². The van der Waals surface area contributed by atoms with Crippen LogP contribution in [0.2, 0.25) is 0 Å². The first kappa shape index (κ1) is 14.6. The molecule has 1 fully saturated rings. The van der Waals surface area contributed by atoms with E-state index in [9.17, 15) is 4.79 Å². The maximum Gasteiger partial charge on any atom is 0.241 e. The maximum absolute atomic E-state index is 11.0. The molecule has 2 heterocycles. The monoisotopic (exact) mass is 300 g/mol. The zero-order valence-corrected chi connectivity index (χ0v) is 12.6. The highest BCUT2D eigenvalue weighted by atomic mass is 16.1. The van der Waals surface area contributed by atoms with Crippen LogP contribution in [0.3, 0.4) is 0 Å². The molecule has 1 aromatic heterocycles. The van der Waals surface area contributed by atoms with Gasteiger partial charge in [0.05, 0.1) is 5.41 Å². The molecule has 1 aromatic carbocycles. The first-order chi connectivity index (χ1) is 10.6. The second-order valence-electron chi connectivity index (χ2n) is 5.86. The van der Waals surface area contributed by atoms with Crippen LogP contribution in [0.1, 0.15) is 24.2 Å². The lowest BCUT2D eigenvalue weighted by molar-refractivity contribution is -0.118. The Bertz CT molecular complexity index is 645. The van der Waals surface area contributed by atoms with Gasteiger partial charge in [-0.05, 0) is 43.8 Å². The van der Waals surface area contributed by atoms with Gasteiger partial charge in [-0.15, -0.1) is 10.2 Å². The number of carbonyl (C=O) groups excluding carboxylic acids is 1. The van der Waals surface area contributed by atoms with E-state index in [2.05, 4.69) is 39.5 Å². The van der Waals surface area contributed by atoms with Gasteiger partial charge in [-0.1, -0.05) is 30.3 Å². The quantitative estimate of drug-likeness (QED) is 0.869. The predicted molar refractivity (Wildman–Crippen MR) is 81.0 cm³/mol. The van der Waals surface area contributed by atoms with Crippen molar-refractivity contribution in [3.63, 3.8) is 0 Å². The van der Waals surface area contributed by atoms with E-state index in [4.69, 9.17) is 5.73 Å². The SMILES string of the molecule is CN1CCC(c2ccccc2)(c2nnn(CC(N)=O)n2)CC1. The number of nitrogens with two attached hydrogens (primary N) is 1. The molecule has 2 aromatic rings. The molecule has 0 radical (unpaired) electrons. The van der Waals surface area contributed by atoms with Crippen LogP contribution in [0.5, 0.6) is 0 Å². The van der Waals surface area contributed by atoms with Gasteiger partial charge in [0.2, 0.25) is 5.91 Å². The Labute approximate surface area is 129 Å². The van der Waals surface area contributed by atoms with E-state index in [1.165, 1.54) is 10.4 Å². The number of benzene rings is 1. The van der Waals surface area contributed by atoms with Crippen LogP contribution < -0.4 is 5.73 Å². The second kappa shape index (κ2) is 5.84. The molecule has 0 atom stereocenters. The first-order valence-corrected chi connectivity index (χ1v) is 7.41. The molecule has 2 N–H and O–H groups in total. The number of piperidine rings is 1. The lowest BCUT2D eigenvalue weighted by atomic mass is 9.72. The molecule has 0 unspecified atom stereocenters. The smallest absolute Gasteiger partial charge is 0.241 e. The number of hydrogen-bond donors (Lipinski definition) is 1. The molecule has 116 valence electrons. The Morgan fingerprint density at radius 1 is 1.27 bits per heavy atom. The Morgan fingerprint density at radius 2 is 1.95 bits per heavy atom. The third kappa shape index (κ3) is 2.71. The number of nitrogens with zero attached hydrogens (tertiary/aromatic N) is 5. The zero-order valence-electron chi connectivity index (χ0n) is 12.6. The van der Waals surface area contributed by atoms with E-state index < -0.39 is 5.91 Å². The summed E-state index contributed by atoms with van der Waals surface area (Å²) >= 11 is 0. The summed E-state index contributed by atoms with van der Waals surface area (Å²) in [6.45, 7) is 1.90. The number of carbonyl (C=O) groups is 1. The van der Waals surface area contributed by atoms with Crippen LogP contribution in [0.25, 0.3) is 0 Å². The summed E-state index contributed by atoms with van der Waals surface area (Å²) in [7, 11) is 2.12. The van der Waals surface area contributed by atoms with Gasteiger partial charge < -0.3 is 10.6 Å². The van der Waals surface area contributed by atoms with Gasteiger partial charge in [0.15, 0.2) is 5.82 Å². The third-order valence-corrected chi connectivity index (χ3v) is 4.35. The van der Waals surface area contributed by atoms with E-state index in [1.807, 2.05) is 18.2 Å². The molecule has 22 heavy (non-hydrogen) atoms. The molecular formula is C15H20N6O. The van der Waals surface area contributed by atoms with Crippen molar-refractivity contribution in [1.29, 1.82) is 0 Å². The minimum absolute atomic E-state index is 0.0439. The number of primary amides is 1. The van der Waals surface area contributed by atoms with E-state index >= 15 is 0 Å². The van der Waals surface area contributed by atoms with E-state index in [0.717, 1.165) is 25.9 Å². The van der Waals surface area contributed by atoms with Crippen molar-refractivity contribution >= 4 is 5.91 Å². The Balaban J connectivity index is 1.99. The maximum atomic E-state index is 11.0. The van der Waals surface area contributed by atoms with Gasteiger partial charge in [-0.2, -0.15) is 4.80 Å². The molecule has 1 amide bonds. The van der Waals surface area contributed by atoms with Gasteiger partial charge in [0, 0.05) is 0 Å². The third-order valence-electron chi connectivity index (χ3n) is 4.35. The topological polar surface area (TPSA) is 89.9 Å². The lowest BCUT2D eigenvalue weighted by Crippen LogP contribution is -2.42. The highest BCUT2D eigenvalue weighted by Crippen LogP contribution is 2.39. The molecule has 1 saturated heterocycles. The summed E-state index contributed by atoms with van der Waals surface area (Å²) in [5.41, 5.74) is 6.15. The van der Waals surface area contributed by atoms with Gasteiger partial charge >= 0.3 is 0 Å². The molecule has 7 heteroatoms. The average Bonchev–Trinajstić information content (AvgIpc) is 2.97. The molecule has 0 bridgehead atoms. The number of amides is 1. The molecule has 0 spiro atoms. The zero-order chi connectivity index (χ0) is 15.6. The summed E-state index contributed by atoms with van der Waals surface area (Å²) in [6, 6.07) is 10.3. The van der Waals surface area contributed by atoms with Crippen molar-refractivity contribution in [2.75, 3.05) is 20.1 Å². The molecule has 1 aliphatic rings. The van der Waals surface area contributed by atoms with Crippen molar-refractivity contribution < 1.29 is 4.79 Å². The Kier molecular flexibility index (Phi) is 3.89. The van der Waals surface area contributed by atoms with Crippen LogP contribution >= 0.6 is 0 Å². The number of aromatic nitrogens is 4. The number of likely N-dealkylation sites (tertiary alicyclic amines) is 1. The molecular weight excluding hydrogens is 280 g/mol. The summed E-state index contributed by atoms with van der Waals surface area (Å²) in [6.07, 6.45) is 1.85. The summed E-state index contributed by atoms with van der Waals surface area (Å²) in [5, 5.41) is 12.6. The van der Waals surface area contributed by atoms with Crippen molar-refractivity contribution in [1.82, 2.24) is 25.1 Å². The van der Waals surface area contributed by atoms with E-state index in [-0.39, 0.29) is 12.0 Å². The van der Waals surface area contributed by atoms with Crippen LogP contribution in [0, 0.1) is 0 Å². The van der Waals surface area contributed by atoms with Crippen molar-refractivity contribution in [2.45, 2.75) is 24.8 Å². The van der Waals surface area contributed by atoms with Crippen LogP contribution in [0.4, 0.5) is 0 Å². The number of hydrogen-bond acceptors (Lipinski definition) is 5. The standard InChI is InChI=1S/C15H20N6O/c1-20-9-7-15(8-10-20,12-5-3-2-4-6-12)14-17-19-21(18-14)11-13(16)22/h2-6H,7-11H2,1H3,(H2,16,22). The molecule has 0 aliphatic carbocycles. The number of rotatable bonds is 4. The highest BCUT2D eigenvalue weighted by Gasteiger charge is 2.41. The fourth-order valence-electron chi connectivity index (χ4n) is 3.04. The molecule has 0 saturated carbocycles. The normalized spacial score (nSPS) is 18.2. The van der Waals surface area contributed by atoms with Crippen LogP contribution in [-0.2, 0) is 16.8 Å². The molecule has 3 rings (SSSR count). The fraction of sp³-hybridized carbons (Fsp3) is 0.467. The van der Waals surface area contributed by atoms with Gasteiger partial charge in [-0.25, -0.2) is 0 Å². The first-order valence-electron chi connectivity index (χ1n) is 7.41. The van der Waals surface area contributed by atoms with E-state index in [0.29, 0.717) is 5.82 Å². The van der Waals surface area contributed by atoms with Gasteiger partial charge in [0.25, 0.3) is 0 Å². The summed E-state index contributed by atoms with van der Waals surface area (Å²) in [4.78, 5) is 14.6. The minimum Gasteiger partial charge on any atom is -0.368 e. The number of tetrazole rings is 1. The average molecular weight is 300 g/mol. The van der Waals surface area contributed by atoms with Crippen LogP contribution in [0.15, 0.2) is 30.3 Å². The van der Waals surface area contributed by atoms with Gasteiger partial charge in [-0.3, -0.25) is 4.79 Å². The highest BCUT2D eigenvalue weighted by molar-refractivity contribution is 5.73. The fourth-order valence-corrected chi connectivity index (χ4v) is 3.04.